The normalized spacial score (nSPS) is 11.2. The Morgan fingerprint density at radius 2 is 2.21 bits per heavy atom. The Morgan fingerprint density at radius 3 is 2.89 bits per heavy atom. The Bertz CT molecular complexity index is 604. The van der Waals surface area contributed by atoms with Gasteiger partial charge in [-0.2, -0.15) is 0 Å². The maximum atomic E-state index is 12.1. The van der Waals surface area contributed by atoms with E-state index in [0.29, 0.717) is 40.6 Å². The van der Waals surface area contributed by atoms with Crippen LogP contribution in [0.4, 0.5) is 0 Å². The molecule has 2 heterocycles. The predicted molar refractivity (Wildman–Crippen MR) is 69.5 cm³/mol. The third-order valence-corrected chi connectivity index (χ3v) is 2.57. The summed E-state index contributed by atoms with van der Waals surface area (Å²) in [5.74, 6) is 0.0271. The molecule has 2 rings (SSSR count). The smallest absolute Gasteiger partial charge is 0.275 e. The standard InChI is InChI=1S/C13H17N3O3/c1-7(2)6-18-16-12(17)10-5-8(3)14-13-11(10)9(4)15-19-13/h5,7H,6H2,1-4H3,(H,16,17). The molecule has 6 heteroatoms. The molecule has 0 saturated carbocycles. The number of pyridine rings is 1. The van der Waals surface area contributed by atoms with Crippen LogP contribution in [0.3, 0.4) is 0 Å². The van der Waals surface area contributed by atoms with Crippen LogP contribution in [0.1, 0.15) is 35.6 Å². The first-order chi connectivity index (χ1) is 8.99. The van der Waals surface area contributed by atoms with Gasteiger partial charge in [-0.15, -0.1) is 0 Å². The quantitative estimate of drug-likeness (QED) is 0.855. The van der Waals surface area contributed by atoms with E-state index < -0.39 is 0 Å². The van der Waals surface area contributed by atoms with Crippen molar-refractivity contribution in [1.82, 2.24) is 15.6 Å². The molecule has 1 amide bonds. The highest BCUT2D eigenvalue weighted by Gasteiger charge is 2.17. The van der Waals surface area contributed by atoms with Crippen LogP contribution in [0.15, 0.2) is 10.6 Å². The minimum absolute atomic E-state index is 0.317. The van der Waals surface area contributed by atoms with Gasteiger partial charge in [-0.1, -0.05) is 19.0 Å². The molecule has 0 unspecified atom stereocenters. The molecule has 1 N–H and O–H groups in total. The van der Waals surface area contributed by atoms with E-state index >= 15 is 0 Å². The summed E-state index contributed by atoms with van der Waals surface area (Å²) >= 11 is 0. The van der Waals surface area contributed by atoms with Gasteiger partial charge in [0.2, 0.25) is 0 Å². The second kappa shape index (κ2) is 5.36. The molecule has 6 nitrogen and oxygen atoms in total. The number of amides is 1. The van der Waals surface area contributed by atoms with Crippen molar-refractivity contribution in [2.45, 2.75) is 27.7 Å². The van der Waals surface area contributed by atoms with Crippen LogP contribution in [0.5, 0.6) is 0 Å². The van der Waals surface area contributed by atoms with Crippen molar-refractivity contribution in [3.8, 4) is 0 Å². The summed E-state index contributed by atoms with van der Waals surface area (Å²) in [7, 11) is 0. The zero-order chi connectivity index (χ0) is 14.0. The van der Waals surface area contributed by atoms with E-state index in [4.69, 9.17) is 9.36 Å². The topological polar surface area (TPSA) is 77.2 Å². The molecule has 0 aliphatic carbocycles. The van der Waals surface area contributed by atoms with Crippen molar-refractivity contribution in [3.05, 3.63) is 23.0 Å². The zero-order valence-corrected chi connectivity index (χ0v) is 11.5. The van der Waals surface area contributed by atoms with E-state index in [0.717, 1.165) is 0 Å². The molecule has 2 aromatic heterocycles. The van der Waals surface area contributed by atoms with Crippen molar-refractivity contribution in [2.75, 3.05) is 6.61 Å². The lowest BCUT2D eigenvalue weighted by Gasteiger charge is -2.08. The highest BCUT2D eigenvalue weighted by molar-refractivity contribution is 6.05. The van der Waals surface area contributed by atoms with E-state index in [-0.39, 0.29) is 5.91 Å². The summed E-state index contributed by atoms with van der Waals surface area (Å²) in [6, 6.07) is 1.70. The van der Waals surface area contributed by atoms with Gasteiger partial charge in [0, 0.05) is 5.69 Å². The highest BCUT2D eigenvalue weighted by atomic mass is 16.6. The number of nitrogens with one attached hydrogen (secondary N) is 1. The number of carbonyl (C=O) groups is 1. The van der Waals surface area contributed by atoms with Crippen LogP contribution < -0.4 is 5.48 Å². The Hall–Kier alpha value is -1.95. The van der Waals surface area contributed by atoms with Crippen LogP contribution in [-0.4, -0.2) is 22.7 Å². The van der Waals surface area contributed by atoms with Gasteiger partial charge in [0.05, 0.1) is 23.3 Å². The number of nitrogens with zero attached hydrogens (tertiary/aromatic N) is 2. The van der Waals surface area contributed by atoms with Crippen LogP contribution in [-0.2, 0) is 4.84 Å². The number of rotatable bonds is 4. The molecule has 0 spiro atoms. The van der Waals surface area contributed by atoms with E-state index in [1.807, 2.05) is 13.8 Å². The lowest BCUT2D eigenvalue weighted by Crippen LogP contribution is -2.26. The summed E-state index contributed by atoms with van der Waals surface area (Å²) in [5.41, 5.74) is 4.59. The van der Waals surface area contributed by atoms with Gasteiger partial charge in [0.1, 0.15) is 0 Å². The molecule has 0 fully saturated rings. The minimum atomic E-state index is -0.317. The lowest BCUT2D eigenvalue weighted by atomic mass is 10.1. The summed E-state index contributed by atoms with van der Waals surface area (Å²) in [5, 5.41) is 4.45. The van der Waals surface area contributed by atoms with E-state index in [1.54, 1.807) is 19.9 Å². The van der Waals surface area contributed by atoms with Crippen LogP contribution in [0, 0.1) is 19.8 Å². The van der Waals surface area contributed by atoms with Crippen LogP contribution in [0.25, 0.3) is 11.1 Å². The predicted octanol–water partition coefficient (Wildman–Crippen LogP) is 2.16. The fraction of sp³-hybridized carbons (Fsp3) is 0.462. The van der Waals surface area contributed by atoms with Crippen molar-refractivity contribution < 1.29 is 14.2 Å². The van der Waals surface area contributed by atoms with E-state index in [1.165, 1.54) is 0 Å². The van der Waals surface area contributed by atoms with Gasteiger partial charge in [-0.3, -0.25) is 9.63 Å². The third kappa shape index (κ3) is 2.90. The molecular weight excluding hydrogens is 246 g/mol. The van der Waals surface area contributed by atoms with Gasteiger partial charge < -0.3 is 4.52 Å². The number of hydrogen-bond donors (Lipinski definition) is 1. The average molecular weight is 263 g/mol. The van der Waals surface area contributed by atoms with Gasteiger partial charge in [0.25, 0.3) is 11.6 Å². The van der Waals surface area contributed by atoms with Crippen molar-refractivity contribution >= 4 is 17.0 Å². The van der Waals surface area contributed by atoms with E-state index in [9.17, 15) is 4.79 Å². The maximum Gasteiger partial charge on any atom is 0.275 e. The summed E-state index contributed by atoms with van der Waals surface area (Å²) in [6.07, 6.45) is 0. The van der Waals surface area contributed by atoms with Crippen molar-refractivity contribution in [1.29, 1.82) is 0 Å². The number of fused-ring (bicyclic) bond motifs is 1. The van der Waals surface area contributed by atoms with Gasteiger partial charge >= 0.3 is 0 Å². The Morgan fingerprint density at radius 1 is 1.47 bits per heavy atom. The first-order valence-corrected chi connectivity index (χ1v) is 6.14. The summed E-state index contributed by atoms with van der Waals surface area (Å²) < 4.78 is 5.08. The molecule has 102 valence electrons. The first-order valence-electron chi connectivity index (χ1n) is 6.14. The molecule has 0 atom stereocenters. The summed E-state index contributed by atoms with van der Waals surface area (Å²) in [4.78, 5) is 21.5. The minimum Gasteiger partial charge on any atom is -0.336 e. The SMILES string of the molecule is Cc1cc(C(=O)NOCC(C)C)c2c(C)noc2n1. The van der Waals surface area contributed by atoms with Crippen molar-refractivity contribution in [2.24, 2.45) is 5.92 Å². The van der Waals surface area contributed by atoms with E-state index in [2.05, 4.69) is 15.6 Å². The Balaban J connectivity index is 2.28. The number of hydroxylamine groups is 1. The zero-order valence-electron chi connectivity index (χ0n) is 11.5. The van der Waals surface area contributed by atoms with Gasteiger partial charge in [-0.25, -0.2) is 10.5 Å². The molecule has 2 aromatic rings. The van der Waals surface area contributed by atoms with Crippen LogP contribution in [0.2, 0.25) is 0 Å². The second-order valence-electron chi connectivity index (χ2n) is 4.90. The molecule has 0 bridgehead atoms. The number of hydrogen-bond acceptors (Lipinski definition) is 5. The molecule has 0 aliphatic rings. The average Bonchev–Trinajstić information content (AvgIpc) is 2.69. The fourth-order valence-corrected chi connectivity index (χ4v) is 1.73. The number of aromatic nitrogens is 2. The third-order valence-electron chi connectivity index (χ3n) is 2.57. The van der Waals surface area contributed by atoms with Crippen molar-refractivity contribution in [3.63, 3.8) is 0 Å². The first kappa shape index (κ1) is 13.5. The maximum absolute atomic E-state index is 12.1. The molecule has 0 radical (unpaired) electrons. The Kier molecular flexibility index (Phi) is 3.80. The number of carbonyl (C=O) groups excluding carboxylic acids is 1. The largest absolute Gasteiger partial charge is 0.336 e. The monoisotopic (exact) mass is 263 g/mol. The Labute approximate surface area is 111 Å². The second-order valence-corrected chi connectivity index (χ2v) is 4.90. The van der Waals surface area contributed by atoms with Gasteiger partial charge in [-0.05, 0) is 25.8 Å². The number of aryl methyl sites for hydroxylation is 2. The molecule has 19 heavy (non-hydrogen) atoms. The van der Waals surface area contributed by atoms with Crippen LogP contribution >= 0.6 is 0 Å². The van der Waals surface area contributed by atoms with Gasteiger partial charge in [0.15, 0.2) is 0 Å². The lowest BCUT2D eigenvalue weighted by molar-refractivity contribution is 0.0210. The molecule has 0 aliphatic heterocycles. The molecule has 0 saturated heterocycles. The summed E-state index contributed by atoms with van der Waals surface area (Å²) in [6.45, 7) is 8.04. The molecular formula is C13H17N3O3. The molecule has 0 aromatic carbocycles. The highest BCUT2D eigenvalue weighted by Crippen LogP contribution is 2.21. The fourth-order valence-electron chi connectivity index (χ4n) is 1.73.